The van der Waals surface area contributed by atoms with Crippen LogP contribution in [0.5, 0.6) is 0 Å². The molecule has 1 aromatic heterocycles. The third-order valence-electron chi connectivity index (χ3n) is 4.44. The van der Waals surface area contributed by atoms with E-state index in [0.29, 0.717) is 24.2 Å². The minimum atomic E-state index is -0.451. The molecule has 2 atom stereocenters. The molecule has 0 amide bonds. The third-order valence-corrected chi connectivity index (χ3v) is 4.73. The zero-order valence-electron chi connectivity index (χ0n) is 13.0. The molecular formula is C16H20ClFN4O. The van der Waals surface area contributed by atoms with Crippen LogP contribution in [0.4, 0.5) is 4.39 Å². The number of likely N-dealkylation sites (tertiary alicyclic amines) is 1. The second-order valence-corrected chi connectivity index (χ2v) is 6.56. The highest BCUT2D eigenvalue weighted by Crippen LogP contribution is 2.23. The lowest BCUT2D eigenvalue weighted by atomic mass is 9.94. The summed E-state index contributed by atoms with van der Waals surface area (Å²) < 4.78 is 14.8. The van der Waals surface area contributed by atoms with Gasteiger partial charge in [0.05, 0.1) is 22.6 Å². The summed E-state index contributed by atoms with van der Waals surface area (Å²) in [5.74, 6) is -0.120. The number of aliphatic hydroxyl groups excluding tert-OH is 1. The van der Waals surface area contributed by atoms with Crippen LogP contribution in [0.15, 0.2) is 24.4 Å². The van der Waals surface area contributed by atoms with Gasteiger partial charge in [-0.25, -0.2) is 9.07 Å². The minimum absolute atomic E-state index is 0.0648. The van der Waals surface area contributed by atoms with Crippen molar-refractivity contribution >= 4 is 11.6 Å². The molecule has 3 rings (SSSR count). The first-order valence-electron chi connectivity index (χ1n) is 7.78. The fraction of sp³-hybridized carbons (Fsp3) is 0.500. The van der Waals surface area contributed by atoms with E-state index >= 15 is 0 Å². The Kier molecular flexibility index (Phi) is 4.94. The Morgan fingerprint density at radius 3 is 2.96 bits per heavy atom. The molecule has 5 nitrogen and oxygen atoms in total. The van der Waals surface area contributed by atoms with Gasteiger partial charge in [0.2, 0.25) is 0 Å². The normalized spacial score (nSPS) is 22.4. The molecule has 0 radical (unpaired) electrons. The number of aliphatic hydroxyl groups is 1. The van der Waals surface area contributed by atoms with Gasteiger partial charge in [0.1, 0.15) is 5.82 Å². The Bertz CT molecular complexity index is 678. The van der Waals surface area contributed by atoms with Gasteiger partial charge >= 0.3 is 0 Å². The molecule has 0 saturated carbocycles. The summed E-state index contributed by atoms with van der Waals surface area (Å²) in [6, 6.07) is 4.92. The highest BCUT2D eigenvalue weighted by Gasteiger charge is 2.25. The Morgan fingerprint density at radius 1 is 1.39 bits per heavy atom. The maximum atomic E-state index is 13.2. The zero-order chi connectivity index (χ0) is 16.4. The molecule has 1 aliphatic heterocycles. The molecule has 1 saturated heterocycles. The Hall–Kier alpha value is -1.50. The molecule has 0 spiro atoms. The fourth-order valence-corrected chi connectivity index (χ4v) is 3.14. The second kappa shape index (κ2) is 6.95. The monoisotopic (exact) mass is 338 g/mol. The molecule has 0 bridgehead atoms. The topological polar surface area (TPSA) is 54.2 Å². The van der Waals surface area contributed by atoms with Gasteiger partial charge < -0.3 is 5.11 Å². The first-order chi connectivity index (χ1) is 11.1. The van der Waals surface area contributed by atoms with Crippen molar-refractivity contribution in [2.24, 2.45) is 5.92 Å². The van der Waals surface area contributed by atoms with Crippen molar-refractivity contribution < 1.29 is 9.50 Å². The van der Waals surface area contributed by atoms with Crippen molar-refractivity contribution in [1.82, 2.24) is 19.9 Å². The molecular weight excluding hydrogens is 319 g/mol. The highest BCUT2D eigenvalue weighted by molar-refractivity contribution is 6.30. The van der Waals surface area contributed by atoms with Crippen molar-refractivity contribution in [3.05, 3.63) is 40.9 Å². The fourth-order valence-electron chi connectivity index (χ4n) is 2.96. The van der Waals surface area contributed by atoms with E-state index in [1.165, 1.54) is 12.1 Å². The first-order valence-corrected chi connectivity index (χ1v) is 8.16. The lowest BCUT2D eigenvalue weighted by molar-refractivity contribution is 0.0762. The number of hydrogen-bond acceptors (Lipinski definition) is 4. The van der Waals surface area contributed by atoms with E-state index in [-0.39, 0.29) is 11.6 Å². The smallest absolute Gasteiger partial charge is 0.141 e. The summed E-state index contributed by atoms with van der Waals surface area (Å²) in [4.78, 5) is 2.32. The second-order valence-electron chi connectivity index (χ2n) is 6.16. The quantitative estimate of drug-likeness (QED) is 0.931. The molecule has 1 N–H and O–H groups in total. The molecule has 0 aliphatic carbocycles. The van der Waals surface area contributed by atoms with E-state index < -0.39 is 5.82 Å². The largest absolute Gasteiger partial charge is 0.396 e. The predicted molar refractivity (Wildman–Crippen MR) is 86.0 cm³/mol. The number of hydrogen-bond donors (Lipinski definition) is 1. The standard InChI is InChI=1S/C16H20ClFN4O/c1-11-2-3-12(10-23)7-21(11)8-13-9-22(20-19-13)14-4-5-16(18)15(17)6-14/h4-6,9,11-12,23H,2-3,7-8,10H2,1H3/t11-,12+/m0/s1. The van der Waals surface area contributed by atoms with Gasteiger partial charge in [-0.05, 0) is 43.9 Å². The van der Waals surface area contributed by atoms with E-state index in [1.54, 1.807) is 10.7 Å². The molecule has 0 unspecified atom stereocenters. The summed E-state index contributed by atoms with van der Waals surface area (Å²) in [6.07, 6.45) is 3.97. The van der Waals surface area contributed by atoms with Gasteiger partial charge in [-0.15, -0.1) is 5.10 Å². The van der Waals surface area contributed by atoms with Crippen LogP contribution in [-0.4, -0.2) is 44.2 Å². The summed E-state index contributed by atoms with van der Waals surface area (Å²) >= 11 is 5.81. The van der Waals surface area contributed by atoms with Crippen LogP contribution < -0.4 is 0 Å². The third kappa shape index (κ3) is 3.71. The van der Waals surface area contributed by atoms with Gasteiger partial charge in [0, 0.05) is 25.7 Å². The molecule has 23 heavy (non-hydrogen) atoms. The molecule has 2 aromatic rings. The average Bonchev–Trinajstić information content (AvgIpc) is 3.01. The van der Waals surface area contributed by atoms with Crippen LogP contribution in [0.25, 0.3) is 5.69 Å². The first kappa shape index (κ1) is 16.4. The van der Waals surface area contributed by atoms with Crippen molar-refractivity contribution in [3.8, 4) is 5.69 Å². The Labute approximate surface area is 139 Å². The summed E-state index contributed by atoms with van der Waals surface area (Å²) in [7, 11) is 0. The van der Waals surface area contributed by atoms with Gasteiger partial charge in [0.15, 0.2) is 0 Å². The van der Waals surface area contributed by atoms with Crippen LogP contribution in [0.2, 0.25) is 5.02 Å². The van der Waals surface area contributed by atoms with Gasteiger partial charge in [0.25, 0.3) is 0 Å². The molecule has 1 aliphatic rings. The number of rotatable bonds is 4. The highest BCUT2D eigenvalue weighted by atomic mass is 35.5. The molecule has 2 heterocycles. The van der Waals surface area contributed by atoms with Crippen LogP contribution >= 0.6 is 11.6 Å². The van der Waals surface area contributed by atoms with Crippen LogP contribution in [0.3, 0.4) is 0 Å². The number of piperidine rings is 1. The van der Waals surface area contributed by atoms with E-state index in [4.69, 9.17) is 11.6 Å². The average molecular weight is 339 g/mol. The van der Waals surface area contributed by atoms with Crippen molar-refractivity contribution in [2.75, 3.05) is 13.2 Å². The van der Waals surface area contributed by atoms with Crippen LogP contribution in [0, 0.1) is 11.7 Å². The van der Waals surface area contributed by atoms with E-state index in [2.05, 4.69) is 22.1 Å². The lowest BCUT2D eigenvalue weighted by Crippen LogP contribution is -2.42. The Morgan fingerprint density at radius 2 is 2.22 bits per heavy atom. The SMILES string of the molecule is C[C@H]1CC[C@@H](CO)CN1Cc1cn(-c2ccc(F)c(Cl)c2)nn1. The van der Waals surface area contributed by atoms with Gasteiger partial charge in [-0.2, -0.15) is 0 Å². The van der Waals surface area contributed by atoms with Crippen molar-refractivity contribution in [2.45, 2.75) is 32.4 Å². The maximum absolute atomic E-state index is 13.2. The number of halogens is 2. The minimum Gasteiger partial charge on any atom is -0.396 e. The number of aromatic nitrogens is 3. The van der Waals surface area contributed by atoms with Gasteiger partial charge in [-0.1, -0.05) is 16.8 Å². The molecule has 1 aromatic carbocycles. The molecule has 124 valence electrons. The summed E-state index contributed by atoms with van der Waals surface area (Å²) in [5.41, 5.74) is 1.52. The van der Waals surface area contributed by atoms with Crippen molar-refractivity contribution in [3.63, 3.8) is 0 Å². The van der Waals surface area contributed by atoms with Crippen LogP contribution in [-0.2, 0) is 6.54 Å². The summed E-state index contributed by atoms with van der Waals surface area (Å²) in [6.45, 7) is 3.97. The lowest BCUT2D eigenvalue weighted by Gasteiger charge is -2.36. The van der Waals surface area contributed by atoms with E-state index in [9.17, 15) is 9.50 Å². The van der Waals surface area contributed by atoms with Crippen molar-refractivity contribution in [1.29, 1.82) is 0 Å². The summed E-state index contributed by atoms with van der Waals surface area (Å²) in [5, 5.41) is 17.7. The zero-order valence-corrected chi connectivity index (χ0v) is 13.7. The Balaban J connectivity index is 1.72. The maximum Gasteiger partial charge on any atom is 0.141 e. The number of benzene rings is 1. The van der Waals surface area contributed by atoms with Crippen LogP contribution in [0.1, 0.15) is 25.5 Å². The van der Waals surface area contributed by atoms with E-state index in [0.717, 1.165) is 25.1 Å². The molecule has 1 fully saturated rings. The van der Waals surface area contributed by atoms with Gasteiger partial charge in [-0.3, -0.25) is 4.90 Å². The van der Waals surface area contributed by atoms with E-state index in [1.807, 2.05) is 6.20 Å². The molecule has 7 heteroatoms. The predicted octanol–water partition coefficient (Wildman–Crippen LogP) is 2.65. The number of nitrogens with zero attached hydrogens (tertiary/aromatic N) is 4.